The Balaban J connectivity index is 2.08. The van der Waals surface area contributed by atoms with Gasteiger partial charge < -0.3 is 4.57 Å². The minimum absolute atomic E-state index is 0.804. The van der Waals surface area contributed by atoms with E-state index in [9.17, 15) is 0 Å². The lowest BCUT2D eigenvalue weighted by atomic mass is 9.80. The van der Waals surface area contributed by atoms with Crippen LogP contribution in [0.25, 0.3) is 5.70 Å². The van der Waals surface area contributed by atoms with Crippen LogP contribution in [0.15, 0.2) is 36.0 Å². The van der Waals surface area contributed by atoms with Crippen LogP contribution in [0.2, 0.25) is 0 Å². The van der Waals surface area contributed by atoms with Gasteiger partial charge in [0.25, 0.3) is 0 Å². The monoisotopic (exact) mass is 244 g/mol. The van der Waals surface area contributed by atoms with E-state index in [0.29, 0.717) is 0 Å². The Morgan fingerprint density at radius 3 is 3.00 bits per heavy atom. The van der Waals surface area contributed by atoms with E-state index in [2.05, 4.69) is 29.3 Å². The summed E-state index contributed by atoms with van der Waals surface area (Å²) in [6, 6.07) is 6.10. The molecule has 0 aliphatic heterocycles. The topological polar surface area (TPSA) is 17.3 Å². The van der Waals surface area contributed by atoms with Crippen molar-refractivity contribution in [1.29, 1.82) is 0 Å². The van der Waals surface area contributed by atoms with E-state index in [4.69, 9.17) is 0 Å². The van der Waals surface area contributed by atoms with E-state index in [1.165, 1.54) is 31.4 Å². The summed E-state index contributed by atoms with van der Waals surface area (Å²) in [5, 5.41) is 0. The maximum absolute atomic E-state index is 4.30. The summed E-state index contributed by atoms with van der Waals surface area (Å²) in [6.45, 7) is 6.63. The molecule has 0 unspecified atom stereocenters. The third-order valence-electron chi connectivity index (χ3n) is 3.98. The normalized spacial score (nSPS) is 25.1. The van der Waals surface area contributed by atoms with Crippen molar-refractivity contribution in [2.45, 2.75) is 39.0 Å². The van der Waals surface area contributed by atoms with E-state index in [1.807, 2.05) is 25.2 Å². The third kappa shape index (κ3) is 3.12. The van der Waals surface area contributed by atoms with Gasteiger partial charge in [-0.1, -0.05) is 38.8 Å². The van der Waals surface area contributed by atoms with Crippen LogP contribution in [-0.2, 0) is 0 Å². The molecule has 0 radical (unpaired) electrons. The van der Waals surface area contributed by atoms with E-state index >= 15 is 0 Å². The number of hydrogen-bond acceptors (Lipinski definition) is 1. The van der Waals surface area contributed by atoms with Crippen LogP contribution in [0.5, 0.6) is 0 Å². The molecule has 0 spiro atoms. The molecule has 18 heavy (non-hydrogen) atoms. The number of pyridine rings is 1. The van der Waals surface area contributed by atoms with E-state index in [1.54, 1.807) is 0 Å². The second kappa shape index (κ2) is 6.03. The van der Waals surface area contributed by atoms with Crippen LogP contribution in [0.4, 0.5) is 0 Å². The first-order valence-electron chi connectivity index (χ1n) is 6.99. The summed E-state index contributed by atoms with van der Waals surface area (Å²) >= 11 is 0. The lowest BCUT2D eigenvalue weighted by molar-refractivity contribution is 0.285. The summed E-state index contributed by atoms with van der Waals surface area (Å²) in [6.07, 6.45) is 8.65. The smallest absolute Gasteiger partial charge is 0.131 e. The average Bonchev–Trinajstić information content (AvgIpc) is 2.38. The van der Waals surface area contributed by atoms with E-state index in [-0.39, 0.29) is 0 Å². The first-order valence-corrected chi connectivity index (χ1v) is 6.99. The third-order valence-corrected chi connectivity index (χ3v) is 3.98. The second-order valence-electron chi connectivity index (χ2n) is 5.56. The quantitative estimate of drug-likeness (QED) is 0.771. The predicted molar refractivity (Wildman–Crippen MR) is 77.0 cm³/mol. The van der Waals surface area contributed by atoms with Crippen LogP contribution in [0.3, 0.4) is 0 Å². The summed E-state index contributed by atoms with van der Waals surface area (Å²) < 4.78 is 2.12. The van der Waals surface area contributed by atoms with Crippen molar-refractivity contribution in [3.05, 3.63) is 36.5 Å². The van der Waals surface area contributed by atoms with Crippen LogP contribution in [0.1, 0.15) is 39.0 Å². The average molecular weight is 244 g/mol. The van der Waals surface area contributed by atoms with Crippen molar-refractivity contribution in [1.82, 2.24) is 4.57 Å². The Morgan fingerprint density at radius 1 is 1.44 bits per heavy atom. The molecule has 0 saturated heterocycles. The van der Waals surface area contributed by atoms with Gasteiger partial charge in [0.15, 0.2) is 0 Å². The van der Waals surface area contributed by atoms with Gasteiger partial charge in [-0.25, -0.2) is 0 Å². The Labute approximate surface area is 110 Å². The number of aromatic nitrogens is 1. The minimum Gasteiger partial charge on any atom is -0.307 e. The van der Waals surface area contributed by atoms with Crippen molar-refractivity contribution in [2.24, 2.45) is 16.8 Å². The summed E-state index contributed by atoms with van der Waals surface area (Å²) in [5.74, 6) is 1.69. The lowest BCUT2D eigenvalue weighted by Gasteiger charge is -2.27. The summed E-state index contributed by atoms with van der Waals surface area (Å²) in [5.41, 5.74) is 2.17. The Bertz CT molecular complexity index is 470. The zero-order valence-electron chi connectivity index (χ0n) is 11.6. The largest absolute Gasteiger partial charge is 0.307 e. The molecule has 98 valence electrons. The fourth-order valence-electron chi connectivity index (χ4n) is 3.06. The molecule has 0 bridgehead atoms. The number of allylic oxidation sites excluding steroid dienone is 1. The zero-order valence-corrected chi connectivity index (χ0v) is 11.6. The first kappa shape index (κ1) is 13.1. The van der Waals surface area contributed by atoms with Crippen molar-refractivity contribution in [3.8, 4) is 0 Å². The summed E-state index contributed by atoms with van der Waals surface area (Å²) in [4.78, 5) is 4.30. The molecule has 0 amide bonds. The Hall–Kier alpha value is -1.31. The van der Waals surface area contributed by atoms with Gasteiger partial charge in [-0.05, 0) is 36.8 Å². The van der Waals surface area contributed by atoms with Gasteiger partial charge >= 0.3 is 0 Å². The molecule has 1 aliphatic rings. The van der Waals surface area contributed by atoms with Crippen molar-refractivity contribution in [3.63, 3.8) is 0 Å². The van der Waals surface area contributed by atoms with Crippen molar-refractivity contribution < 1.29 is 0 Å². The van der Waals surface area contributed by atoms with Crippen LogP contribution < -0.4 is 5.49 Å². The van der Waals surface area contributed by atoms with Crippen LogP contribution in [0, 0.1) is 11.8 Å². The number of hydrogen-bond donors (Lipinski definition) is 0. The molecule has 2 rings (SSSR count). The molecule has 1 fully saturated rings. The highest BCUT2D eigenvalue weighted by atomic mass is 15.0. The molecule has 1 heterocycles. The maximum Gasteiger partial charge on any atom is 0.131 e. The molecule has 0 aromatic carbocycles. The highest BCUT2D eigenvalue weighted by molar-refractivity contribution is 5.41. The molecular weight excluding hydrogens is 220 g/mol. The lowest BCUT2D eigenvalue weighted by Crippen LogP contribution is -2.21. The van der Waals surface area contributed by atoms with Crippen molar-refractivity contribution in [2.75, 3.05) is 7.05 Å². The molecule has 1 aromatic rings. The molecule has 2 nitrogen and oxygen atoms in total. The molecule has 1 aliphatic carbocycles. The van der Waals surface area contributed by atoms with Gasteiger partial charge in [-0.2, -0.15) is 0 Å². The van der Waals surface area contributed by atoms with Gasteiger partial charge in [0.2, 0.25) is 0 Å². The van der Waals surface area contributed by atoms with E-state index in [0.717, 1.165) is 23.7 Å². The van der Waals surface area contributed by atoms with Crippen molar-refractivity contribution >= 4 is 5.70 Å². The van der Waals surface area contributed by atoms with Crippen LogP contribution >= 0.6 is 0 Å². The number of nitrogens with zero attached hydrogens (tertiary/aromatic N) is 2. The fraction of sp³-hybridized carbons (Fsp3) is 0.562. The second-order valence-corrected chi connectivity index (χ2v) is 5.56. The highest BCUT2D eigenvalue weighted by Crippen LogP contribution is 2.32. The fourth-order valence-corrected chi connectivity index (χ4v) is 3.06. The Morgan fingerprint density at radius 2 is 2.28 bits per heavy atom. The van der Waals surface area contributed by atoms with Gasteiger partial charge in [-0.3, -0.25) is 4.99 Å². The van der Waals surface area contributed by atoms with E-state index < -0.39 is 0 Å². The van der Waals surface area contributed by atoms with Crippen LogP contribution in [-0.4, -0.2) is 11.6 Å². The Kier molecular flexibility index (Phi) is 4.40. The molecular formula is C16H24N2. The highest BCUT2D eigenvalue weighted by Gasteiger charge is 2.19. The molecule has 1 saturated carbocycles. The summed E-state index contributed by atoms with van der Waals surface area (Å²) in [7, 11) is 1.84. The molecule has 0 N–H and O–H groups in total. The first-order chi connectivity index (χ1) is 8.70. The van der Waals surface area contributed by atoms with Gasteiger partial charge in [0.05, 0.1) is 0 Å². The SMILES string of the molecule is C=C(C[C@H]1CCC[C@@H](C)C1)n1cccc/c1=N/C. The molecule has 2 atom stereocenters. The minimum atomic E-state index is 0.804. The standard InChI is InChI=1S/C16H24N2/c1-13-7-6-8-15(11-13)12-14(2)18-10-5-4-9-16(18)17-3/h4-5,9-10,13,15H,2,6-8,11-12H2,1,3H3/b17-16-/t13-,15+/m1/s1. The molecule has 2 heteroatoms. The zero-order chi connectivity index (χ0) is 13.0. The predicted octanol–water partition coefficient (Wildman–Crippen LogP) is 3.71. The maximum atomic E-state index is 4.30. The molecule has 1 aromatic heterocycles. The van der Waals surface area contributed by atoms with Gasteiger partial charge in [0, 0.05) is 18.9 Å². The van der Waals surface area contributed by atoms with Gasteiger partial charge in [0.1, 0.15) is 5.49 Å². The van der Waals surface area contributed by atoms with Gasteiger partial charge in [-0.15, -0.1) is 0 Å². The number of rotatable bonds is 3.